The molecule has 0 fully saturated rings. The Bertz CT molecular complexity index is 518. The van der Waals surface area contributed by atoms with E-state index in [1.165, 1.54) is 10.4 Å². The lowest BCUT2D eigenvalue weighted by Crippen LogP contribution is -2.13. The molecule has 0 radical (unpaired) electrons. The molecule has 0 aliphatic rings. The van der Waals surface area contributed by atoms with Crippen LogP contribution in [0.2, 0.25) is 0 Å². The molecule has 3 N–H and O–H groups in total. The van der Waals surface area contributed by atoms with Crippen molar-refractivity contribution in [3.63, 3.8) is 0 Å². The minimum atomic E-state index is 0.429. The van der Waals surface area contributed by atoms with E-state index in [2.05, 4.69) is 29.8 Å². The Morgan fingerprint density at radius 2 is 2.24 bits per heavy atom. The number of nitrogens with two attached hydrogens (primary N) is 1. The minimum absolute atomic E-state index is 0.429. The van der Waals surface area contributed by atoms with E-state index < -0.39 is 0 Å². The standard InChI is InChI=1S/C13H14N2S2/c1-9-4-5-11(13(14)16)12(7-9)15-8-10-3-2-6-17-10/h2-7,15H,8H2,1H3,(H2,14,16). The van der Waals surface area contributed by atoms with Crippen molar-refractivity contribution in [2.24, 2.45) is 5.73 Å². The molecule has 0 saturated heterocycles. The zero-order valence-electron chi connectivity index (χ0n) is 9.57. The number of hydrogen-bond acceptors (Lipinski definition) is 3. The summed E-state index contributed by atoms with van der Waals surface area (Å²) in [4.78, 5) is 1.72. The van der Waals surface area contributed by atoms with Gasteiger partial charge in [-0.2, -0.15) is 0 Å². The van der Waals surface area contributed by atoms with Gasteiger partial charge in [0.2, 0.25) is 0 Å². The molecule has 2 nitrogen and oxygen atoms in total. The molecule has 0 spiro atoms. The smallest absolute Gasteiger partial charge is 0.106 e. The Morgan fingerprint density at radius 1 is 1.41 bits per heavy atom. The molecule has 17 heavy (non-hydrogen) atoms. The van der Waals surface area contributed by atoms with Gasteiger partial charge in [0, 0.05) is 22.7 Å². The number of nitrogens with one attached hydrogen (secondary N) is 1. The summed E-state index contributed by atoms with van der Waals surface area (Å²) >= 11 is 6.78. The van der Waals surface area contributed by atoms with Crippen LogP contribution >= 0.6 is 23.6 Å². The first kappa shape index (κ1) is 12.1. The van der Waals surface area contributed by atoms with Crippen LogP contribution in [0.15, 0.2) is 35.7 Å². The second-order valence-corrected chi connectivity index (χ2v) is 5.32. The average Bonchev–Trinajstić information content (AvgIpc) is 2.78. The highest BCUT2D eigenvalue weighted by atomic mass is 32.1. The van der Waals surface area contributed by atoms with E-state index in [1.807, 2.05) is 18.2 Å². The fourth-order valence-electron chi connectivity index (χ4n) is 1.61. The second-order valence-electron chi connectivity index (χ2n) is 3.85. The maximum absolute atomic E-state index is 5.71. The molecule has 2 aromatic rings. The SMILES string of the molecule is Cc1ccc(C(N)=S)c(NCc2cccs2)c1. The van der Waals surface area contributed by atoms with Crippen LogP contribution in [0.5, 0.6) is 0 Å². The molecule has 0 unspecified atom stereocenters. The van der Waals surface area contributed by atoms with E-state index in [9.17, 15) is 0 Å². The molecule has 0 amide bonds. The first-order valence-electron chi connectivity index (χ1n) is 5.33. The Balaban J connectivity index is 2.19. The van der Waals surface area contributed by atoms with Crippen molar-refractivity contribution >= 4 is 34.2 Å². The predicted molar refractivity (Wildman–Crippen MR) is 78.7 cm³/mol. The van der Waals surface area contributed by atoms with Gasteiger partial charge in [-0.1, -0.05) is 24.4 Å². The van der Waals surface area contributed by atoms with E-state index in [0.717, 1.165) is 17.8 Å². The van der Waals surface area contributed by atoms with Gasteiger partial charge in [-0.25, -0.2) is 0 Å². The van der Waals surface area contributed by atoms with E-state index in [1.54, 1.807) is 11.3 Å². The lowest BCUT2D eigenvalue weighted by Gasteiger charge is -2.11. The average molecular weight is 262 g/mol. The van der Waals surface area contributed by atoms with Gasteiger partial charge >= 0.3 is 0 Å². The largest absolute Gasteiger partial charge is 0.389 e. The fourth-order valence-corrected chi connectivity index (χ4v) is 2.44. The van der Waals surface area contributed by atoms with Gasteiger partial charge in [0.1, 0.15) is 4.99 Å². The first-order valence-corrected chi connectivity index (χ1v) is 6.62. The summed E-state index contributed by atoms with van der Waals surface area (Å²) in [5, 5.41) is 5.45. The quantitative estimate of drug-likeness (QED) is 0.830. The Morgan fingerprint density at radius 3 is 2.88 bits per heavy atom. The molecule has 0 saturated carbocycles. The van der Waals surface area contributed by atoms with Gasteiger partial charge in [0.25, 0.3) is 0 Å². The molecule has 0 bridgehead atoms. The summed E-state index contributed by atoms with van der Waals surface area (Å²) in [6, 6.07) is 10.2. The molecule has 1 aromatic carbocycles. The Labute approximate surface area is 110 Å². The zero-order chi connectivity index (χ0) is 12.3. The summed E-state index contributed by atoms with van der Waals surface area (Å²) < 4.78 is 0. The van der Waals surface area contributed by atoms with Crippen molar-refractivity contribution in [1.82, 2.24) is 0 Å². The van der Waals surface area contributed by atoms with E-state index in [0.29, 0.717) is 4.99 Å². The summed E-state index contributed by atoms with van der Waals surface area (Å²) in [5.41, 5.74) is 8.81. The molecule has 0 atom stereocenters. The van der Waals surface area contributed by atoms with Gasteiger partial charge in [-0.3, -0.25) is 0 Å². The van der Waals surface area contributed by atoms with Gasteiger partial charge in [0.05, 0.1) is 0 Å². The van der Waals surface area contributed by atoms with Gasteiger partial charge in [-0.15, -0.1) is 11.3 Å². The lowest BCUT2D eigenvalue weighted by atomic mass is 10.1. The fraction of sp³-hybridized carbons (Fsp3) is 0.154. The second kappa shape index (κ2) is 5.29. The number of aryl methyl sites for hydroxylation is 1. The van der Waals surface area contributed by atoms with Crippen LogP contribution in [0, 0.1) is 6.92 Å². The zero-order valence-corrected chi connectivity index (χ0v) is 11.2. The molecule has 1 aromatic heterocycles. The summed E-state index contributed by atoms with van der Waals surface area (Å²) in [5.74, 6) is 0. The third kappa shape index (κ3) is 3.05. The van der Waals surface area contributed by atoms with Crippen LogP contribution in [0.25, 0.3) is 0 Å². The van der Waals surface area contributed by atoms with Crippen LogP contribution in [0.4, 0.5) is 5.69 Å². The van der Waals surface area contributed by atoms with Crippen molar-refractivity contribution < 1.29 is 0 Å². The molecular formula is C13H14N2S2. The first-order chi connectivity index (χ1) is 8.16. The third-order valence-electron chi connectivity index (χ3n) is 2.47. The Kier molecular flexibility index (Phi) is 3.76. The highest BCUT2D eigenvalue weighted by Crippen LogP contribution is 2.19. The van der Waals surface area contributed by atoms with Crippen LogP contribution in [-0.4, -0.2) is 4.99 Å². The number of anilines is 1. The van der Waals surface area contributed by atoms with E-state index in [4.69, 9.17) is 18.0 Å². The molecular weight excluding hydrogens is 248 g/mol. The van der Waals surface area contributed by atoms with Crippen LogP contribution in [0.3, 0.4) is 0 Å². The summed E-state index contributed by atoms with van der Waals surface area (Å²) in [6.07, 6.45) is 0. The van der Waals surface area contributed by atoms with Gasteiger partial charge < -0.3 is 11.1 Å². The van der Waals surface area contributed by atoms with Crippen molar-refractivity contribution in [3.8, 4) is 0 Å². The maximum atomic E-state index is 5.71. The summed E-state index contributed by atoms with van der Waals surface area (Å²) in [6.45, 7) is 2.86. The number of benzene rings is 1. The van der Waals surface area contributed by atoms with Crippen LogP contribution in [0.1, 0.15) is 16.0 Å². The van der Waals surface area contributed by atoms with Gasteiger partial charge in [-0.05, 0) is 36.1 Å². The monoisotopic (exact) mass is 262 g/mol. The Hall–Kier alpha value is -1.39. The van der Waals surface area contributed by atoms with Crippen molar-refractivity contribution in [1.29, 1.82) is 0 Å². The van der Waals surface area contributed by atoms with Crippen molar-refractivity contribution in [2.45, 2.75) is 13.5 Å². The molecule has 88 valence electrons. The highest BCUT2D eigenvalue weighted by Gasteiger charge is 2.05. The topological polar surface area (TPSA) is 38.0 Å². The molecule has 1 heterocycles. The number of thiophene rings is 1. The summed E-state index contributed by atoms with van der Waals surface area (Å²) in [7, 11) is 0. The number of hydrogen-bond donors (Lipinski definition) is 2. The normalized spacial score (nSPS) is 10.2. The predicted octanol–water partition coefficient (Wildman–Crippen LogP) is 3.30. The third-order valence-corrected chi connectivity index (χ3v) is 3.57. The molecule has 2 rings (SSSR count). The van der Waals surface area contributed by atoms with E-state index in [-0.39, 0.29) is 0 Å². The lowest BCUT2D eigenvalue weighted by molar-refractivity contribution is 1.19. The number of rotatable bonds is 4. The van der Waals surface area contributed by atoms with E-state index >= 15 is 0 Å². The highest BCUT2D eigenvalue weighted by molar-refractivity contribution is 7.80. The van der Waals surface area contributed by atoms with Gasteiger partial charge in [0.15, 0.2) is 0 Å². The minimum Gasteiger partial charge on any atom is -0.389 e. The van der Waals surface area contributed by atoms with Crippen LogP contribution < -0.4 is 11.1 Å². The number of thiocarbonyl (C=S) groups is 1. The molecule has 0 aliphatic heterocycles. The maximum Gasteiger partial charge on any atom is 0.106 e. The van der Waals surface area contributed by atoms with Crippen molar-refractivity contribution in [2.75, 3.05) is 5.32 Å². The molecule has 0 aliphatic carbocycles. The van der Waals surface area contributed by atoms with Crippen LogP contribution in [-0.2, 0) is 6.54 Å². The molecule has 4 heteroatoms. The van der Waals surface area contributed by atoms with Crippen molar-refractivity contribution in [3.05, 3.63) is 51.7 Å².